The van der Waals surface area contributed by atoms with E-state index in [1.165, 1.54) is 12.1 Å². The maximum Gasteiger partial charge on any atom is 0.482 e. The van der Waals surface area contributed by atoms with Gasteiger partial charge in [0.05, 0.1) is 0 Å². The van der Waals surface area contributed by atoms with Crippen LogP contribution in [0.3, 0.4) is 0 Å². The van der Waals surface area contributed by atoms with Crippen LogP contribution in [-0.4, -0.2) is 31.0 Å². The second-order valence-corrected chi connectivity index (χ2v) is 8.17. The van der Waals surface area contributed by atoms with E-state index in [1.807, 2.05) is 32.0 Å². The number of benzene rings is 2. The van der Waals surface area contributed by atoms with Crippen LogP contribution in [0.1, 0.15) is 31.9 Å². The van der Waals surface area contributed by atoms with Crippen LogP contribution in [0.4, 0.5) is 24.5 Å². The van der Waals surface area contributed by atoms with Gasteiger partial charge in [-0.15, -0.1) is 0 Å². The van der Waals surface area contributed by atoms with Crippen LogP contribution in [0, 0.1) is 0 Å². The SMILES string of the molecule is C=CCOC(=O)[C@H](C)Oc1cccc(CC2(C)c3cc(NC(F)(F)F)ccc3NC2C)c1. The molecule has 0 amide bonds. The summed E-state index contributed by atoms with van der Waals surface area (Å²) in [5.41, 5.74) is 2.12. The molecule has 0 radical (unpaired) electrons. The third kappa shape index (κ3) is 5.36. The maximum atomic E-state index is 12.8. The Morgan fingerprint density at radius 1 is 1.31 bits per heavy atom. The minimum atomic E-state index is -4.50. The van der Waals surface area contributed by atoms with Gasteiger partial charge in [-0.05, 0) is 61.7 Å². The molecule has 0 bridgehead atoms. The first kappa shape index (κ1) is 23.5. The van der Waals surface area contributed by atoms with Crippen LogP contribution in [0.5, 0.6) is 5.75 Å². The Kier molecular flexibility index (Phi) is 6.71. The molecular formula is C24H27F3N2O3. The number of carbonyl (C=O) groups excluding carboxylic acids is 1. The number of hydrogen-bond acceptors (Lipinski definition) is 5. The highest BCUT2D eigenvalue weighted by Crippen LogP contribution is 2.45. The van der Waals surface area contributed by atoms with Gasteiger partial charge < -0.3 is 14.8 Å². The van der Waals surface area contributed by atoms with Crippen LogP contribution in [0.25, 0.3) is 0 Å². The lowest BCUT2D eigenvalue weighted by Gasteiger charge is -2.30. The van der Waals surface area contributed by atoms with Crippen LogP contribution < -0.4 is 15.4 Å². The molecule has 0 aliphatic carbocycles. The molecular weight excluding hydrogens is 421 g/mol. The Hall–Kier alpha value is -3.16. The fourth-order valence-corrected chi connectivity index (χ4v) is 3.92. The molecule has 2 aromatic rings. The maximum absolute atomic E-state index is 12.8. The third-order valence-corrected chi connectivity index (χ3v) is 5.71. The van der Waals surface area contributed by atoms with Crippen LogP contribution in [0.2, 0.25) is 0 Å². The molecule has 0 aromatic heterocycles. The molecule has 2 unspecified atom stereocenters. The molecule has 0 saturated heterocycles. The predicted molar refractivity (Wildman–Crippen MR) is 118 cm³/mol. The Balaban J connectivity index is 1.80. The molecule has 3 atom stereocenters. The number of esters is 1. The van der Waals surface area contributed by atoms with Crippen molar-refractivity contribution in [3.63, 3.8) is 0 Å². The highest BCUT2D eigenvalue weighted by molar-refractivity contribution is 5.74. The Labute approximate surface area is 185 Å². The highest BCUT2D eigenvalue weighted by atomic mass is 19.4. The van der Waals surface area contributed by atoms with Gasteiger partial charge in [0.15, 0.2) is 6.10 Å². The summed E-state index contributed by atoms with van der Waals surface area (Å²) >= 11 is 0. The summed E-state index contributed by atoms with van der Waals surface area (Å²) in [7, 11) is 0. The van der Waals surface area contributed by atoms with Crippen molar-refractivity contribution in [2.75, 3.05) is 17.2 Å². The van der Waals surface area contributed by atoms with E-state index in [9.17, 15) is 18.0 Å². The van der Waals surface area contributed by atoms with Gasteiger partial charge in [-0.2, -0.15) is 13.2 Å². The number of alkyl halides is 3. The Bertz CT molecular complexity index is 993. The largest absolute Gasteiger partial charge is 0.482 e. The number of hydrogen-bond donors (Lipinski definition) is 2. The van der Waals surface area contributed by atoms with Crippen LogP contribution in [-0.2, 0) is 21.4 Å². The molecule has 3 rings (SSSR count). The predicted octanol–water partition coefficient (Wildman–Crippen LogP) is 5.43. The van der Waals surface area contributed by atoms with Crippen molar-refractivity contribution in [2.45, 2.75) is 51.1 Å². The number of nitrogens with one attached hydrogen (secondary N) is 2. The summed E-state index contributed by atoms with van der Waals surface area (Å²) in [6, 6.07) is 12.0. The number of fused-ring (bicyclic) bond motifs is 1. The molecule has 2 aromatic carbocycles. The molecule has 172 valence electrons. The van der Waals surface area contributed by atoms with Gasteiger partial charge in [0.2, 0.25) is 0 Å². The molecule has 0 fully saturated rings. The summed E-state index contributed by atoms with van der Waals surface area (Å²) in [5.74, 6) is 0.0231. The summed E-state index contributed by atoms with van der Waals surface area (Å²) < 4.78 is 49.1. The van der Waals surface area contributed by atoms with Crippen molar-refractivity contribution < 1.29 is 27.4 Å². The lowest BCUT2D eigenvalue weighted by Crippen LogP contribution is -2.36. The van der Waals surface area contributed by atoms with E-state index in [1.54, 1.807) is 30.4 Å². The standard InChI is InChI=1S/C24H27F3N2O3/c1-5-11-31-22(30)15(2)32-19-8-6-7-17(12-19)14-23(4)16(3)28-21-10-9-18(13-20(21)23)29-24(25,26)27/h5-10,12-13,15-16,28-29H,1,11,14H2,2-4H3/t15-,16?,23?/m0/s1. The molecule has 1 aliphatic heterocycles. The lowest BCUT2D eigenvalue weighted by molar-refractivity contribution is -0.149. The highest BCUT2D eigenvalue weighted by Gasteiger charge is 2.41. The van der Waals surface area contributed by atoms with Gasteiger partial charge in [0.1, 0.15) is 12.4 Å². The Morgan fingerprint density at radius 3 is 2.75 bits per heavy atom. The minimum absolute atomic E-state index is 0.00215. The molecule has 32 heavy (non-hydrogen) atoms. The van der Waals surface area contributed by atoms with E-state index in [2.05, 4.69) is 11.9 Å². The molecule has 5 nitrogen and oxygen atoms in total. The molecule has 1 heterocycles. The van der Waals surface area contributed by atoms with Crippen molar-refractivity contribution in [3.05, 3.63) is 66.2 Å². The number of carbonyl (C=O) groups is 1. The van der Waals surface area contributed by atoms with Gasteiger partial charge in [0, 0.05) is 22.8 Å². The normalized spacial score (nSPS) is 20.6. The molecule has 2 N–H and O–H groups in total. The second-order valence-electron chi connectivity index (χ2n) is 8.17. The number of anilines is 2. The summed E-state index contributed by atoms with van der Waals surface area (Å²) in [6.07, 6.45) is -3.24. The first-order valence-corrected chi connectivity index (χ1v) is 10.3. The second kappa shape index (κ2) is 9.14. The van der Waals surface area contributed by atoms with Crippen molar-refractivity contribution in [2.24, 2.45) is 0 Å². The van der Waals surface area contributed by atoms with E-state index < -0.39 is 23.8 Å². The summed E-state index contributed by atoms with van der Waals surface area (Å²) in [4.78, 5) is 11.9. The topological polar surface area (TPSA) is 59.6 Å². The zero-order chi connectivity index (χ0) is 23.5. The summed E-state index contributed by atoms with van der Waals surface area (Å²) in [6.45, 7) is 9.25. The van der Waals surface area contributed by atoms with Crippen molar-refractivity contribution >= 4 is 17.3 Å². The number of halogens is 3. The van der Waals surface area contributed by atoms with Gasteiger partial charge in [-0.25, -0.2) is 4.79 Å². The van der Waals surface area contributed by atoms with E-state index in [0.717, 1.165) is 16.8 Å². The lowest BCUT2D eigenvalue weighted by atomic mass is 9.74. The van der Waals surface area contributed by atoms with Crippen molar-refractivity contribution in [1.29, 1.82) is 0 Å². The average molecular weight is 448 g/mol. The van der Waals surface area contributed by atoms with Gasteiger partial charge in [-0.3, -0.25) is 5.32 Å². The minimum Gasteiger partial charge on any atom is -0.479 e. The fraction of sp³-hybridized carbons (Fsp3) is 0.375. The van der Waals surface area contributed by atoms with Gasteiger partial charge in [-0.1, -0.05) is 31.7 Å². The van der Waals surface area contributed by atoms with Gasteiger partial charge >= 0.3 is 12.3 Å². The van der Waals surface area contributed by atoms with Gasteiger partial charge in [0.25, 0.3) is 0 Å². The monoisotopic (exact) mass is 448 g/mol. The zero-order valence-electron chi connectivity index (χ0n) is 18.3. The smallest absolute Gasteiger partial charge is 0.479 e. The first-order chi connectivity index (χ1) is 15.0. The molecule has 0 spiro atoms. The fourth-order valence-electron chi connectivity index (χ4n) is 3.92. The van der Waals surface area contributed by atoms with E-state index in [4.69, 9.17) is 9.47 Å². The van der Waals surface area contributed by atoms with E-state index in [-0.39, 0.29) is 18.3 Å². The van der Waals surface area contributed by atoms with Crippen LogP contribution >= 0.6 is 0 Å². The molecule has 1 aliphatic rings. The molecule has 0 saturated carbocycles. The first-order valence-electron chi connectivity index (χ1n) is 10.3. The summed E-state index contributed by atoms with van der Waals surface area (Å²) in [5, 5.41) is 4.96. The van der Waals surface area contributed by atoms with Crippen LogP contribution in [0.15, 0.2) is 55.1 Å². The van der Waals surface area contributed by atoms with Crippen molar-refractivity contribution in [3.8, 4) is 5.75 Å². The van der Waals surface area contributed by atoms with Crippen molar-refractivity contribution in [1.82, 2.24) is 0 Å². The van der Waals surface area contributed by atoms with E-state index in [0.29, 0.717) is 12.2 Å². The zero-order valence-corrected chi connectivity index (χ0v) is 18.3. The average Bonchev–Trinajstić information content (AvgIpc) is 2.95. The number of rotatable bonds is 8. The quantitative estimate of drug-likeness (QED) is 0.320. The third-order valence-electron chi connectivity index (χ3n) is 5.71. The van der Waals surface area contributed by atoms with E-state index >= 15 is 0 Å². The Morgan fingerprint density at radius 2 is 2.06 bits per heavy atom. The molecule has 8 heteroatoms. The number of ether oxygens (including phenoxy) is 2.